The number of amides is 1. The first-order chi connectivity index (χ1) is 7.11. The third-order valence-corrected chi connectivity index (χ3v) is 1.83. The second kappa shape index (κ2) is 4.95. The molecule has 0 radical (unpaired) electrons. The van der Waals surface area contributed by atoms with E-state index >= 15 is 0 Å². The molecule has 0 heterocycles. The fourth-order valence-corrected chi connectivity index (χ4v) is 0.982. The van der Waals surface area contributed by atoms with Crippen molar-refractivity contribution < 1.29 is 14.7 Å². The van der Waals surface area contributed by atoms with Crippen LogP contribution in [0.3, 0.4) is 0 Å². The van der Waals surface area contributed by atoms with Crippen LogP contribution in [0.5, 0.6) is 0 Å². The van der Waals surface area contributed by atoms with Crippen LogP contribution < -0.4 is 5.32 Å². The largest absolute Gasteiger partial charge is 0.478 e. The highest BCUT2D eigenvalue weighted by atomic mass is 16.4. The maximum absolute atomic E-state index is 11.2. The van der Waals surface area contributed by atoms with Gasteiger partial charge in [0.2, 0.25) is 0 Å². The van der Waals surface area contributed by atoms with Crippen LogP contribution in [0.15, 0.2) is 42.5 Å². The molecule has 15 heavy (non-hydrogen) atoms. The van der Waals surface area contributed by atoms with Crippen molar-refractivity contribution in [1.29, 1.82) is 0 Å². The van der Waals surface area contributed by atoms with Gasteiger partial charge in [0.15, 0.2) is 0 Å². The minimum absolute atomic E-state index is 0.298. The average Bonchev–Trinajstić information content (AvgIpc) is 2.26. The molecule has 2 N–H and O–H groups in total. The molecule has 0 atom stereocenters. The number of hydrogen-bond donors (Lipinski definition) is 2. The Morgan fingerprint density at radius 3 is 2.40 bits per heavy atom. The van der Waals surface area contributed by atoms with Crippen LogP contribution in [0.4, 0.5) is 0 Å². The Bertz CT molecular complexity index is 384. The van der Waals surface area contributed by atoms with Gasteiger partial charge in [-0.25, -0.2) is 4.79 Å². The van der Waals surface area contributed by atoms with Crippen molar-refractivity contribution in [2.24, 2.45) is 0 Å². The van der Waals surface area contributed by atoms with Crippen LogP contribution in [0.2, 0.25) is 0 Å². The molecule has 0 aromatic heterocycles. The maximum Gasteiger partial charge on any atom is 0.340 e. The molecule has 0 aliphatic rings. The molecule has 1 rings (SSSR count). The van der Waals surface area contributed by atoms with Gasteiger partial charge in [0.1, 0.15) is 5.57 Å². The third-order valence-electron chi connectivity index (χ3n) is 1.83. The summed E-state index contributed by atoms with van der Waals surface area (Å²) in [6, 6.07) is 9.22. The molecule has 0 aliphatic heterocycles. The number of benzene rings is 1. The van der Waals surface area contributed by atoms with Crippen LogP contribution in [-0.2, 0) is 16.1 Å². The van der Waals surface area contributed by atoms with Crippen molar-refractivity contribution in [2.45, 2.75) is 6.54 Å². The molecule has 4 heteroatoms. The van der Waals surface area contributed by atoms with Crippen LogP contribution >= 0.6 is 0 Å². The summed E-state index contributed by atoms with van der Waals surface area (Å²) in [6.45, 7) is 3.45. The Hall–Kier alpha value is -2.10. The van der Waals surface area contributed by atoms with Gasteiger partial charge in [-0.05, 0) is 5.56 Å². The topological polar surface area (TPSA) is 66.4 Å². The number of rotatable bonds is 4. The molecular weight excluding hydrogens is 194 g/mol. The molecule has 1 amide bonds. The molecule has 0 spiro atoms. The molecule has 1 aromatic rings. The van der Waals surface area contributed by atoms with E-state index in [2.05, 4.69) is 11.9 Å². The van der Waals surface area contributed by atoms with E-state index in [4.69, 9.17) is 5.11 Å². The van der Waals surface area contributed by atoms with Crippen LogP contribution in [0, 0.1) is 0 Å². The predicted octanol–water partition coefficient (Wildman–Crippen LogP) is 0.944. The van der Waals surface area contributed by atoms with E-state index in [9.17, 15) is 9.59 Å². The summed E-state index contributed by atoms with van der Waals surface area (Å²) >= 11 is 0. The predicted molar refractivity (Wildman–Crippen MR) is 55.1 cm³/mol. The Morgan fingerprint density at radius 1 is 1.27 bits per heavy atom. The molecule has 4 nitrogen and oxygen atoms in total. The maximum atomic E-state index is 11.2. The van der Waals surface area contributed by atoms with Gasteiger partial charge in [-0.3, -0.25) is 4.79 Å². The van der Waals surface area contributed by atoms with E-state index in [0.29, 0.717) is 6.54 Å². The van der Waals surface area contributed by atoms with E-state index < -0.39 is 17.4 Å². The number of nitrogens with one attached hydrogen (secondary N) is 1. The van der Waals surface area contributed by atoms with E-state index in [-0.39, 0.29) is 0 Å². The number of carbonyl (C=O) groups excluding carboxylic acids is 1. The molecule has 0 saturated heterocycles. The lowest BCUT2D eigenvalue weighted by molar-refractivity contribution is -0.134. The van der Waals surface area contributed by atoms with Crippen molar-refractivity contribution in [3.05, 3.63) is 48.0 Å². The zero-order valence-electron chi connectivity index (χ0n) is 8.06. The summed E-state index contributed by atoms with van der Waals surface area (Å²) in [4.78, 5) is 21.6. The van der Waals surface area contributed by atoms with Crippen molar-refractivity contribution in [2.75, 3.05) is 0 Å². The molecule has 1 aromatic carbocycles. The molecular formula is C11H11NO3. The quantitative estimate of drug-likeness (QED) is 0.437. The molecule has 78 valence electrons. The van der Waals surface area contributed by atoms with E-state index in [1.165, 1.54) is 0 Å². The lowest BCUT2D eigenvalue weighted by atomic mass is 10.2. The van der Waals surface area contributed by atoms with Gasteiger partial charge in [0.25, 0.3) is 5.91 Å². The fourth-order valence-electron chi connectivity index (χ4n) is 0.982. The van der Waals surface area contributed by atoms with Crippen molar-refractivity contribution >= 4 is 11.9 Å². The van der Waals surface area contributed by atoms with Crippen molar-refractivity contribution in [3.8, 4) is 0 Å². The lowest BCUT2D eigenvalue weighted by Crippen LogP contribution is -2.27. The summed E-state index contributed by atoms with van der Waals surface area (Å²) in [5.41, 5.74) is 0.454. The van der Waals surface area contributed by atoms with Crippen LogP contribution in [-0.4, -0.2) is 17.0 Å². The second-order valence-corrected chi connectivity index (χ2v) is 2.95. The SMILES string of the molecule is C=C(C(=O)O)C(=O)NCc1ccccc1. The van der Waals surface area contributed by atoms with Gasteiger partial charge in [-0.2, -0.15) is 0 Å². The van der Waals surface area contributed by atoms with E-state index in [1.54, 1.807) is 0 Å². The first-order valence-corrected chi connectivity index (χ1v) is 4.35. The summed E-state index contributed by atoms with van der Waals surface area (Å²) in [6.07, 6.45) is 0. The Morgan fingerprint density at radius 2 is 1.87 bits per heavy atom. The van der Waals surface area contributed by atoms with Gasteiger partial charge in [-0.15, -0.1) is 0 Å². The minimum Gasteiger partial charge on any atom is -0.478 e. The summed E-state index contributed by atoms with van der Waals surface area (Å²) in [7, 11) is 0. The summed E-state index contributed by atoms with van der Waals surface area (Å²) in [5.74, 6) is -1.97. The monoisotopic (exact) mass is 205 g/mol. The third kappa shape index (κ3) is 3.27. The van der Waals surface area contributed by atoms with Gasteiger partial charge in [0.05, 0.1) is 0 Å². The van der Waals surface area contributed by atoms with Gasteiger partial charge >= 0.3 is 5.97 Å². The zero-order chi connectivity index (χ0) is 11.3. The first-order valence-electron chi connectivity index (χ1n) is 4.35. The van der Waals surface area contributed by atoms with Crippen molar-refractivity contribution in [1.82, 2.24) is 5.32 Å². The number of carboxylic acid groups (broad SMARTS) is 1. The Balaban J connectivity index is 2.48. The number of carbonyl (C=O) groups is 2. The molecule has 0 unspecified atom stereocenters. The average molecular weight is 205 g/mol. The smallest absolute Gasteiger partial charge is 0.340 e. The summed E-state index contributed by atoms with van der Waals surface area (Å²) < 4.78 is 0. The Kier molecular flexibility index (Phi) is 3.62. The van der Waals surface area contributed by atoms with Gasteiger partial charge in [-0.1, -0.05) is 36.9 Å². The summed E-state index contributed by atoms with van der Waals surface area (Å²) in [5, 5.41) is 10.9. The number of carboxylic acids is 1. The molecule has 0 fully saturated rings. The van der Waals surface area contributed by atoms with Crippen LogP contribution in [0.1, 0.15) is 5.56 Å². The second-order valence-electron chi connectivity index (χ2n) is 2.95. The molecule has 0 aliphatic carbocycles. The molecule has 0 bridgehead atoms. The first kappa shape index (κ1) is 11.0. The standard InChI is InChI=1S/C11H11NO3/c1-8(11(14)15)10(13)12-7-9-5-3-2-4-6-9/h2-6H,1,7H2,(H,12,13)(H,14,15). The number of aliphatic carboxylic acids is 1. The van der Waals surface area contributed by atoms with Crippen molar-refractivity contribution in [3.63, 3.8) is 0 Å². The lowest BCUT2D eigenvalue weighted by Gasteiger charge is -2.04. The van der Waals surface area contributed by atoms with E-state index in [1.807, 2.05) is 30.3 Å². The Labute approximate surface area is 87.2 Å². The fraction of sp³-hybridized carbons (Fsp3) is 0.0909. The zero-order valence-corrected chi connectivity index (χ0v) is 8.06. The minimum atomic E-state index is -1.31. The van der Waals surface area contributed by atoms with Crippen LogP contribution in [0.25, 0.3) is 0 Å². The van der Waals surface area contributed by atoms with Gasteiger partial charge < -0.3 is 10.4 Å². The van der Waals surface area contributed by atoms with Gasteiger partial charge in [0, 0.05) is 6.54 Å². The van der Waals surface area contributed by atoms with E-state index in [0.717, 1.165) is 5.56 Å². The number of hydrogen-bond acceptors (Lipinski definition) is 2. The normalized spacial score (nSPS) is 9.33. The highest BCUT2D eigenvalue weighted by molar-refractivity contribution is 6.14. The highest BCUT2D eigenvalue weighted by Gasteiger charge is 2.13. The molecule has 0 saturated carbocycles. The highest BCUT2D eigenvalue weighted by Crippen LogP contribution is 1.98.